The highest BCUT2D eigenvalue weighted by Crippen LogP contribution is 2.11. The van der Waals surface area contributed by atoms with Gasteiger partial charge < -0.3 is 11.1 Å². The maximum Gasteiger partial charge on any atom is 0.255 e. The van der Waals surface area contributed by atoms with Crippen molar-refractivity contribution >= 4 is 23.4 Å². The zero-order valence-corrected chi connectivity index (χ0v) is 8.78. The number of nitrogens with two attached hydrogens (primary N) is 1. The highest BCUT2D eigenvalue weighted by molar-refractivity contribution is 6.32. The maximum absolute atomic E-state index is 11.5. The van der Waals surface area contributed by atoms with E-state index in [2.05, 4.69) is 10.3 Å². The van der Waals surface area contributed by atoms with Gasteiger partial charge in [0.15, 0.2) is 0 Å². The monoisotopic (exact) mass is 227 g/mol. The van der Waals surface area contributed by atoms with E-state index >= 15 is 0 Å². The SMILES string of the molecule is CC(NC(=O)c1cccnc1Cl)C(N)=O. The second-order valence-electron chi connectivity index (χ2n) is 2.94. The summed E-state index contributed by atoms with van der Waals surface area (Å²) in [6.45, 7) is 1.49. The number of nitrogens with zero attached hydrogens (tertiary/aromatic N) is 1. The van der Waals surface area contributed by atoms with E-state index in [0.29, 0.717) is 0 Å². The largest absolute Gasteiger partial charge is 0.368 e. The molecule has 80 valence electrons. The van der Waals surface area contributed by atoms with Gasteiger partial charge in [-0.05, 0) is 19.1 Å². The number of carbonyl (C=O) groups is 2. The van der Waals surface area contributed by atoms with Crippen molar-refractivity contribution in [2.75, 3.05) is 0 Å². The Bertz CT molecular complexity index is 395. The molecule has 1 atom stereocenters. The zero-order chi connectivity index (χ0) is 11.4. The molecule has 0 aliphatic rings. The molecule has 0 bridgehead atoms. The van der Waals surface area contributed by atoms with Gasteiger partial charge in [-0.3, -0.25) is 9.59 Å². The number of hydrogen-bond donors (Lipinski definition) is 2. The summed E-state index contributed by atoms with van der Waals surface area (Å²) in [5.41, 5.74) is 5.21. The Morgan fingerprint density at radius 2 is 2.27 bits per heavy atom. The molecule has 2 amide bonds. The Labute approximate surface area is 91.6 Å². The number of nitrogens with one attached hydrogen (secondary N) is 1. The first-order valence-corrected chi connectivity index (χ1v) is 4.61. The van der Waals surface area contributed by atoms with Crippen molar-refractivity contribution < 1.29 is 9.59 Å². The standard InChI is InChI=1S/C9H10ClN3O2/c1-5(8(11)14)13-9(15)6-3-2-4-12-7(6)10/h2-5H,1H3,(H2,11,14)(H,13,15). The van der Waals surface area contributed by atoms with Gasteiger partial charge in [0.2, 0.25) is 5.91 Å². The van der Waals surface area contributed by atoms with Crippen molar-refractivity contribution in [3.63, 3.8) is 0 Å². The van der Waals surface area contributed by atoms with E-state index < -0.39 is 17.9 Å². The van der Waals surface area contributed by atoms with E-state index in [4.69, 9.17) is 17.3 Å². The molecule has 3 N–H and O–H groups in total. The van der Waals surface area contributed by atoms with Gasteiger partial charge in [-0.15, -0.1) is 0 Å². The molecule has 0 aromatic carbocycles. The normalized spacial score (nSPS) is 11.9. The molecular formula is C9H10ClN3O2. The summed E-state index contributed by atoms with van der Waals surface area (Å²) in [6.07, 6.45) is 1.47. The number of amides is 2. The van der Waals surface area contributed by atoms with Crippen LogP contribution in [0.3, 0.4) is 0 Å². The average Bonchev–Trinajstić information content (AvgIpc) is 2.18. The highest BCUT2D eigenvalue weighted by atomic mass is 35.5. The van der Waals surface area contributed by atoms with E-state index in [1.54, 1.807) is 6.07 Å². The number of carbonyl (C=O) groups excluding carboxylic acids is 2. The second-order valence-corrected chi connectivity index (χ2v) is 3.30. The minimum absolute atomic E-state index is 0.0895. The Kier molecular flexibility index (Phi) is 3.62. The maximum atomic E-state index is 11.5. The third kappa shape index (κ3) is 2.92. The fourth-order valence-corrected chi connectivity index (χ4v) is 1.11. The third-order valence-corrected chi connectivity index (χ3v) is 2.08. The Morgan fingerprint density at radius 1 is 1.60 bits per heavy atom. The molecule has 0 saturated carbocycles. The fourth-order valence-electron chi connectivity index (χ4n) is 0.901. The van der Waals surface area contributed by atoms with Crippen LogP contribution in [0.2, 0.25) is 5.15 Å². The Hall–Kier alpha value is -1.62. The number of pyridine rings is 1. The quantitative estimate of drug-likeness (QED) is 0.731. The number of halogens is 1. The van der Waals surface area contributed by atoms with Crippen molar-refractivity contribution in [3.8, 4) is 0 Å². The van der Waals surface area contributed by atoms with Crippen molar-refractivity contribution in [1.29, 1.82) is 0 Å². The molecule has 1 heterocycles. The lowest BCUT2D eigenvalue weighted by molar-refractivity contribution is -0.119. The molecule has 6 heteroatoms. The Morgan fingerprint density at radius 3 is 2.80 bits per heavy atom. The van der Waals surface area contributed by atoms with Crippen LogP contribution in [0.1, 0.15) is 17.3 Å². The molecular weight excluding hydrogens is 218 g/mol. The lowest BCUT2D eigenvalue weighted by Gasteiger charge is -2.10. The summed E-state index contributed by atoms with van der Waals surface area (Å²) in [6, 6.07) is 2.35. The van der Waals surface area contributed by atoms with Crippen LogP contribution in [0.25, 0.3) is 0 Å². The van der Waals surface area contributed by atoms with Crippen LogP contribution in [0.15, 0.2) is 18.3 Å². The summed E-state index contributed by atoms with van der Waals surface area (Å²) < 4.78 is 0. The fraction of sp³-hybridized carbons (Fsp3) is 0.222. The predicted molar refractivity (Wildman–Crippen MR) is 55.4 cm³/mol. The van der Waals surface area contributed by atoms with E-state index in [-0.39, 0.29) is 10.7 Å². The molecule has 0 fully saturated rings. The van der Waals surface area contributed by atoms with E-state index in [9.17, 15) is 9.59 Å². The van der Waals surface area contributed by atoms with Gasteiger partial charge in [0.05, 0.1) is 5.56 Å². The molecule has 1 aromatic heterocycles. The zero-order valence-electron chi connectivity index (χ0n) is 8.03. The first-order chi connectivity index (χ1) is 7.02. The van der Waals surface area contributed by atoms with Gasteiger partial charge in [-0.1, -0.05) is 11.6 Å². The van der Waals surface area contributed by atoms with Gasteiger partial charge in [0.1, 0.15) is 11.2 Å². The molecule has 5 nitrogen and oxygen atoms in total. The van der Waals surface area contributed by atoms with Crippen LogP contribution in [0.4, 0.5) is 0 Å². The minimum Gasteiger partial charge on any atom is -0.368 e. The van der Waals surface area contributed by atoms with Crippen LogP contribution in [-0.2, 0) is 4.79 Å². The Balaban J connectivity index is 2.78. The minimum atomic E-state index is -0.742. The number of rotatable bonds is 3. The van der Waals surface area contributed by atoms with Crippen LogP contribution in [0.5, 0.6) is 0 Å². The van der Waals surface area contributed by atoms with Gasteiger partial charge in [-0.2, -0.15) is 0 Å². The summed E-state index contributed by atoms with van der Waals surface area (Å²) in [4.78, 5) is 26.0. The molecule has 0 saturated heterocycles. The molecule has 1 unspecified atom stereocenters. The number of hydrogen-bond acceptors (Lipinski definition) is 3. The number of primary amides is 1. The van der Waals surface area contributed by atoms with Crippen LogP contribution in [0, 0.1) is 0 Å². The first-order valence-electron chi connectivity index (χ1n) is 4.23. The van der Waals surface area contributed by atoms with E-state index in [1.165, 1.54) is 19.2 Å². The predicted octanol–water partition coefficient (Wildman–Crippen LogP) is 0.339. The average molecular weight is 228 g/mol. The smallest absolute Gasteiger partial charge is 0.255 e. The van der Waals surface area contributed by atoms with Crippen LogP contribution in [-0.4, -0.2) is 22.8 Å². The summed E-state index contributed by atoms with van der Waals surface area (Å²) in [5, 5.41) is 2.49. The van der Waals surface area contributed by atoms with Crippen LogP contribution >= 0.6 is 11.6 Å². The summed E-state index contributed by atoms with van der Waals surface area (Å²) in [7, 11) is 0. The highest BCUT2D eigenvalue weighted by Gasteiger charge is 2.15. The topological polar surface area (TPSA) is 85.1 Å². The first kappa shape index (κ1) is 11.5. The lowest BCUT2D eigenvalue weighted by Crippen LogP contribution is -2.42. The van der Waals surface area contributed by atoms with E-state index in [1.807, 2.05) is 0 Å². The van der Waals surface area contributed by atoms with Crippen molar-refractivity contribution in [3.05, 3.63) is 29.0 Å². The molecule has 0 aliphatic carbocycles. The van der Waals surface area contributed by atoms with Gasteiger partial charge in [-0.25, -0.2) is 4.98 Å². The van der Waals surface area contributed by atoms with Crippen molar-refractivity contribution in [2.45, 2.75) is 13.0 Å². The molecule has 0 spiro atoms. The van der Waals surface area contributed by atoms with Gasteiger partial charge >= 0.3 is 0 Å². The molecule has 0 aliphatic heterocycles. The molecule has 1 aromatic rings. The van der Waals surface area contributed by atoms with Gasteiger partial charge in [0, 0.05) is 6.20 Å². The third-order valence-electron chi connectivity index (χ3n) is 1.78. The summed E-state index contributed by atoms with van der Waals surface area (Å²) in [5.74, 6) is -1.08. The van der Waals surface area contributed by atoms with E-state index in [0.717, 1.165) is 0 Å². The molecule has 0 radical (unpaired) electrons. The molecule has 15 heavy (non-hydrogen) atoms. The van der Waals surface area contributed by atoms with Crippen LogP contribution < -0.4 is 11.1 Å². The van der Waals surface area contributed by atoms with Gasteiger partial charge in [0.25, 0.3) is 5.91 Å². The number of aromatic nitrogens is 1. The lowest BCUT2D eigenvalue weighted by atomic mass is 10.2. The van der Waals surface area contributed by atoms with Crippen molar-refractivity contribution in [2.24, 2.45) is 5.73 Å². The van der Waals surface area contributed by atoms with Crippen molar-refractivity contribution in [1.82, 2.24) is 10.3 Å². The summed E-state index contributed by atoms with van der Waals surface area (Å²) >= 11 is 5.69. The molecule has 1 rings (SSSR count). The second kappa shape index (κ2) is 4.75.